The Balaban J connectivity index is 2.23. The minimum atomic E-state index is -0.803. The van der Waals surface area contributed by atoms with Crippen molar-refractivity contribution < 1.29 is 14.6 Å². The first-order valence-corrected chi connectivity index (χ1v) is 5.76. The van der Waals surface area contributed by atoms with E-state index in [4.69, 9.17) is 15.2 Å². The lowest BCUT2D eigenvalue weighted by Crippen LogP contribution is -2.60. The Labute approximate surface area is 90.7 Å². The quantitative estimate of drug-likeness (QED) is 0.694. The maximum atomic E-state index is 10.8. The van der Waals surface area contributed by atoms with Gasteiger partial charge in [0.05, 0.1) is 12.7 Å². The van der Waals surface area contributed by atoms with E-state index in [-0.39, 0.29) is 11.5 Å². The number of aliphatic hydroxyl groups is 1. The summed E-state index contributed by atoms with van der Waals surface area (Å²) in [6.07, 6.45) is 2.46. The summed E-state index contributed by atoms with van der Waals surface area (Å²) in [6, 6.07) is 0. The lowest BCUT2D eigenvalue weighted by molar-refractivity contribution is -0.165. The molecule has 2 saturated heterocycles. The van der Waals surface area contributed by atoms with Gasteiger partial charge in [-0.3, -0.25) is 0 Å². The Hall–Kier alpha value is -0.160. The first kappa shape index (κ1) is 11.3. The molecule has 2 rings (SSSR count). The van der Waals surface area contributed by atoms with E-state index in [1.807, 2.05) is 6.92 Å². The molecule has 0 spiro atoms. The van der Waals surface area contributed by atoms with Crippen LogP contribution in [0.2, 0.25) is 0 Å². The molecule has 88 valence electrons. The summed E-state index contributed by atoms with van der Waals surface area (Å²) in [6.45, 7) is 4.37. The molecule has 0 aromatic heterocycles. The number of ether oxygens (including phenoxy) is 2. The predicted molar refractivity (Wildman–Crippen MR) is 56.5 cm³/mol. The summed E-state index contributed by atoms with van der Waals surface area (Å²) < 4.78 is 11.0. The van der Waals surface area contributed by atoms with Gasteiger partial charge in [-0.25, -0.2) is 0 Å². The third-order valence-electron chi connectivity index (χ3n) is 4.16. The highest BCUT2D eigenvalue weighted by Crippen LogP contribution is 2.46. The highest BCUT2D eigenvalue weighted by molar-refractivity contribution is 5.06. The van der Waals surface area contributed by atoms with Crippen LogP contribution in [0, 0.1) is 5.41 Å². The van der Waals surface area contributed by atoms with Crippen molar-refractivity contribution in [1.82, 2.24) is 0 Å². The molecule has 15 heavy (non-hydrogen) atoms. The smallest absolute Gasteiger partial charge is 0.102 e. The van der Waals surface area contributed by atoms with Crippen molar-refractivity contribution in [1.29, 1.82) is 0 Å². The average Bonchev–Trinajstić information content (AvgIpc) is 2.62. The summed E-state index contributed by atoms with van der Waals surface area (Å²) in [5, 5.41) is 10.8. The van der Waals surface area contributed by atoms with E-state index < -0.39 is 5.60 Å². The molecule has 0 aromatic carbocycles. The SMILES string of the molecule is CC1OCCC1(O)C1(CN)CCCOC1. The molecule has 4 nitrogen and oxygen atoms in total. The zero-order valence-corrected chi connectivity index (χ0v) is 9.37. The Morgan fingerprint density at radius 2 is 2.20 bits per heavy atom. The van der Waals surface area contributed by atoms with Crippen molar-refractivity contribution in [2.75, 3.05) is 26.4 Å². The maximum Gasteiger partial charge on any atom is 0.102 e. The van der Waals surface area contributed by atoms with Gasteiger partial charge in [0.2, 0.25) is 0 Å². The van der Waals surface area contributed by atoms with Crippen LogP contribution in [0.4, 0.5) is 0 Å². The molecule has 2 heterocycles. The van der Waals surface area contributed by atoms with Gasteiger partial charge in [-0.1, -0.05) is 0 Å². The highest BCUT2D eigenvalue weighted by atomic mass is 16.5. The molecule has 0 saturated carbocycles. The van der Waals surface area contributed by atoms with Gasteiger partial charge in [0.1, 0.15) is 5.60 Å². The molecule has 3 atom stereocenters. The van der Waals surface area contributed by atoms with E-state index in [0.29, 0.717) is 26.2 Å². The molecule has 3 N–H and O–H groups in total. The first-order valence-electron chi connectivity index (χ1n) is 5.76. The van der Waals surface area contributed by atoms with Gasteiger partial charge in [-0.05, 0) is 19.8 Å². The van der Waals surface area contributed by atoms with Crippen molar-refractivity contribution in [3.05, 3.63) is 0 Å². The normalized spacial score (nSPS) is 47.0. The van der Waals surface area contributed by atoms with E-state index in [1.165, 1.54) is 0 Å². The average molecular weight is 215 g/mol. The van der Waals surface area contributed by atoms with Crippen LogP contribution in [-0.4, -0.2) is 43.2 Å². The summed E-state index contributed by atoms with van der Waals surface area (Å²) >= 11 is 0. The summed E-state index contributed by atoms with van der Waals surface area (Å²) in [5.41, 5.74) is 4.76. The molecule has 0 radical (unpaired) electrons. The van der Waals surface area contributed by atoms with E-state index in [1.54, 1.807) is 0 Å². The molecule has 4 heteroatoms. The second-order valence-electron chi connectivity index (χ2n) is 4.83. The standard InChI is InChI=1S/C11H21NO3/c1-9-11(13,4-6-15-9)10(7-12)3-2-5-14-8-10/h9,13H,2-8,12H2,1H3. The van der Waals surface area contributed by atoms with Gasteiger partial charge in [0.25, 0.3) is 0 Å². The number of hydrogen-bond donors (Lipinski definition) is 2. The van der Waals surface area contributed by atoms with Crippen LogP contribution >= 0.6 is 0 Å². The molecule has 3 unspecified atom stereocenters. The Bertz CT molecular complexity index is 228. The molecular weight excluding hydrogens is 194 g/mol. The van der Waals surface area contributed by atoms with Gasteiger partial charge < -0.3 is 20.3 Å². The van der Waals surface area contributed by atoms with Crippen LogP contribution < -0.4 is 5.73 Å². The van der Waals surface area contributed by atoms with Gasteiger partial charge >= 0.3 is 0 Å². The van der Waals surface area contributed by atoms with Crippen LogP contribution in [0.1, 0.15) is 26.2 Å². The van der Waals surface area contributed by atoms with E-state index in [9.17, 15) is 5.11 Å². The lowest BCUT2D eigenvalue weighted by Gasteiger charge is -2.48. The monoisotopic (exact) mass is 215 g/mol. The van der Waals surface area contributed by atoms with E-state index in [0.717, 1.165) is 19.4 Å². The van der Waals surface area contributed by atoms with E-state index in [2.05, 4.69) is 0 Å². The molecule has 0 bridgehead atoms. The van der Waals surface area contributed by atoms with Gasteiger partial charge in [0, 0.05) is 31.6 Å². The van der Waals surface area contributed by atoms with Crippen LogP contribution in [0.15, 0.2) is 0 Å². The highest BCUT2D eigenvalue weighted by Gasteiger charge is 2.56. The fourth-order valence-corrected chi connectivity index (χ4v) is 2.96. The fourth-order valence-electron chi connectivity index (χ4n) is 2.96. The summed E-state index contributed by atoms with van der Waals surface area (Å²) in [7, 11) is 0. The summed E-state index contributed by atoms with van der Waals surface area (Å²) in [4.78, 5) is 0. The topological polar surface area (TPSA) is 64.7 Å². The Kier molecular flexibility index (Phi) is 3.03. The third kappa shape index (κ3) is 1.60. The number of hydrogen-bond acceptors (Lipinski definition) is 4. The molecule has 0 aromatic rings. The van der Waals surface area contributed by atoms with Crippen molar-refractivity contribution in [2.24, 2.45) is 11.1 Å². The zero-order chi connectivity index (χ0) is 10.9. The first-order chi connectivity index (χ1) is 7.15. The van der Waals surface area contributed by atoms with E-state index >= 15 is 0 Å². The predicted octanol–water partition coefficient (Wildman–Crippen LogP) is 0.282. The second kappa shape index (κ2) is 4.01. The van der Waals surface area contributed by atoms with Gasteiger partial charge in [-0.2, -0.15) is 0 Å². The molecule has 2 aliphatic rings. The molecule has 0 amide bonds. The minimum Gasteiger partial charge on any atom is -0.386 e. The van der Waals surface area contributed by atoms with Crippen LogP contribution in [0.25, 0.3) is 0 Å². The Morgan fingerprint density at radius 1 is 1.40 bits per heavy atom. The molecule has 2 aliphatic heterocycles. The van der Waals surface area contributed by atoms with Crippen LogP contribution in [0.3, 0.4) is 0 Å². The zero-order valence-electron chi connectivity index (χ0n) is 9.37. The fraction of sp³-hybridized carbons (Fsp3) is 1.00. The van der Waals surface area contributed by atoms with Crippen LogP contribution in [-0.2, 0) is 9.47 Å². The van der Waals surface area contributed by atoms with Crippen LogP contribution in [0.5, 0.6) is 0 Å². The van der Waals surface area contributed by atoms with Gasteiger partial charge in [0.15, 0.2) is 0 Å². The number of rotatable bonds is 2. The molecule has 2 fully saturated rings. The van der Waals surface area contributed by atoms with Crippen molar-refractivity contribution in [2.45, 2.75) is 37.9 Å². The number of nitrogens with two attached hydrogens (primary N) is 1. The second-order valence-corrected chi connectivity index (χ2v) is 4.83. The largest absolute Gasteiger partial charge is 0.386 e. The third-order valence-corrected chi connectivity index (χ3v) is 4.16. The minimum absolute atomic E-state index is 0.136. The molecular formula is C11H21NO3. The lowest BCUT2D eigenvalue weighted by atomic mass is 9.65. The van der Waals surface area contributed by atoms with Gasteiger partial charge in [-0.15, -0.1) is 0 Å². The maximum absolute atomic E-state index is 10.8. The summed E-state index contributed by atoms with van der Waals surface area (Å²) in [5.74, 6) is 0. The van der Waals surface area contributed by atoms with Crippen molar-refractivity contribution in [3.63, 3.8) is 0 Å². The Morgan fingerprint density at radius 3 is 2.67 bits per heavy atom. The van der Waals surface area contributed by atoms with Crippen molar-refractivity contribution >= 4 is 0 Å². The molecule has 0 aliphatic carbocycles. The van der Waals surface area contributed by atoms with Crippen molar-refractivity contribution in [3.8, 4) is 0 Å².